The monoisotopic (exact) mass is 299 g/mol. The first-order valence-electron chi connectivity index (χ1n) is 7.42. The van der Waals surface area contributed by atoms with Crippen LogP contribution < -0.4 is 0 Å². The summed E-state index contributed by atoms with van der Waals surface area (Å²) >= 11 is 6.53. The minimum atomic E-state index is -0.168. The average Bonchev–Trinajstić information content (AvgIpc) is 2.30. The van der Waals surface area contributed by atoms with Gasteiger partial charge in [0.1, 0.15) is 5.82 Å². The molecule has 1 aromatic rings. The molecule has 0 saturated carbocycles. The van der Waals surface area contributed by atoms with Gasteiger partial charge in [0.15, 0.2) is 0 Å². The highest BCUT2D eigenvalue weighted by Gasteiger charge is 2.16. The summed E-state index contributed by atoms with van der Waals surface area (Å²) in [5.74, 6) is 1.07. The van der Waals surface area contributed by atoms with Gasteiger partial charge in [-0.15, -0.1) is 11.6 Å². The van der Waals surface area contributed by atoms with Crippen molar-refractivity contribution in [1.82, 2.24) is 4.90 Å². The Balaban J connectivity index is 2.73. The van der Waals surface area contributed by atoms with E-state index >= 15 is 0 Å². The molecule has 114 valence electrons. The SMILES string of the molecule is Cc1cc(C(Cl)CN(CC(C)C)CC(C)C)ccc1F. The normalized spacial score (nSPS) is 13.5. The molecule has 0 radical (unpaired) electrons. The van der Waals surface area contributed by atoms with Crippen LogP contribution >= 0.6 is 11.6 Å². The van der Waals surface area contributed by atoms with Gasteiger partial charge in [0.05, 0.1) is 5.38 Å². The summed E-state index contributed by atoms with van der Waals surface area (Å²) in [6.07, 6.45) is 0. The van der Waals surface area contributed by atoms with Crippen LogP contribution in [0.2, 0.25) is 0 Å². The maximum Gasteiger partial charge on any atom is 0.126 e. The first-order valence-corrected chi connectivity index (χ1v) is 7.85. The van der Waals surface area contributed by atoms with Crippen molar-refractivity contribution in [1.29, 1.82) is 0 Å². The smallest absolute Gasteiger partial charge is 0.126 e. The van der Waals surface area contributed by atoms with E-state index in [1.165, 1.54) is 6.07 Å². The molecular weight excluding hydrogens is 273 g/mol. The molecule has 1 nitrogen and oxygen atoms in total. The Morgan fingerprint density at radius 2 is 1.60 bits per heavy atom. The molecule has 0 saturated heterocycles. The topological polar surface area (TPSA) is 3.24 Å². The van der Waals surface area contributed by atoms with Crippen molar-refractivity contribution < 1.29 is 4.39 Å². The van der Waals surface area contributed by atoms with Crippen molar-refractivity contribution in [2.24, 2.45) is 11.8 Å². The van der Waals surface area contributed by atoms with E-state index in [2.05, 4.69) is 32.6 Å². The minimum absolute atomic E-state index is 0.0909. The first-order chi connectivity index (χ1) is 9.29. The van der Waals surface area contributed by atoms with E-state index in [0.29, 0.717) is 17.4 Å². The van der Waals surface area contributed by atoms with Gasteiger partial charge in [-0.05, 0) is 36.0 Å². The summed E-state index contributed by atoms with van der Waals surface area (Å²) < 4.78 is 13.3. The van der Waals surface area contributed by atoms with Crippen LogP contribution in [0, 0.1) is 24.6 Å². The first kappa shape index (κ1) is 17.5. The van der Waals surface area contributed by atoms with E-state index in [4.69, 9.17) is 11.6 Å². The van der Waals surface area contributed by atoms with E-state index < -0.39 is 0 Å². The van der Waals surface area contributed by atoms with Crippen LogP contribution in [0.3, 0.4) is 0 Å². The zero-order valence-electron chi connectivity index (χ0n) is 13.3. The van der Waals surface area contributed by atoms with Crippen LogP contribution in [0.25, 0.3) is 0 Å². The molecule has 0 N–H and O–H groups in total. The van der Waals surface area contributed by atoms with E-state index in [1.807, 2.05) is 6.07 Å². The molecule has 3 heteroatoms. The molecule has 0 fully saturated rings. The molecule has 0 heterocycles. The quantitative estimate of drug-likeness (QED) is 0.638. The fourth-order valence-corrected chi connectivity index (χ4v) is 2.78. The van der Waals surface area contributed by atoms with Crippen molar-refractivity contribution in [2.45, 2.75) is 40.0 Å². The van der Waals surface area contributed by atoms with Crippen molar-refractivity contribution >= 4 is 11.6 Å². The van der Waals surface area contributed by atoms with Crippen LogP contribution in [-0.4, -0.2) is 24.5 Å². The molecule has 0 aliphatic rings. The lowest BCUT2D eigenvalue weighted by Gasteiger charge is -2.28. The van der Waals surface area contributed by atoms with E-state index in [1.54, 1.807) is 13.0 Å². The molecule has 0 aromatic heterocycles. The highest BCUT2D eigenvalue weighted by molar-refractivity contribution is 6.21. The zero-order chi connectivity index (χ0) is 15.3. The second-order valence-corrected chi connectivity index (χ2v) is 7.01. The summed E-state index contributed by atoms with van der Waals surface area (Å²) in [6.45, 7) is 13.6. The number of hydrogen-bond donors (Lipinski definition) is 0. The number of nitrogens with zero attached hydrogens (tertiary/aromatic N) is 1. The third kappa shape index (κ3) is 5.80. The molecule has 1 atom stereocenters. The molecule has 0 aliphatic heterocycles. The maximum absolute atomic E-state index is 13.3. The lowest BCUT2D eigenvalue weighted by molar-refractivity contribution is 0.219. The van der Waals surface area contributed by atoms with Crippen LogP contribution in [0.5, 0.6) is 0 Å². The number of alkyl halides is 1. The van der Waals surface area contributed by atoms with Crippen molar-refractivity contribution in [3.8, 4) is 0 Å². The Kier molecular flexibility index (Phi) is 6.97. The molecule has 1 aromatic carbocycles. The van der Waals surface area contributed by atoms with Crippen LogP contribution in [0.4, 0.5) is 4.39 Å². The van der Waals surface area contributed by atoms with Gasteiger partial charge in [0.25, 0.3) is 0 Å². The largest absolute Gasteiger partial charge is 0.301 e. The summed E-state index contributed by atoms with van der Waals surface area (Å²) in [5.41, 5.74) is 1.66. The number of rotatable bonds is 7. The zero-order valence-corrected chi connectivity index (χ0v) is 14.0. The average molecular weight is 300 g/mol. The van der Waals surface area contributed by atoms with Crippen LogP contribution in [0.1, 0.15) is 44.2 Å². The molecular formula is C17H27ClFN. The molecule has 1 rings (SSSR count). The van der Waals surface area contributed by atoms with Gasteiger partial charge in [-0.1, -0.05) is 39.8 Å². The van der Waals surface area contributed by atoms with E-state index in [0.717, 1.165) is 25.2 Å². The molecule has 0 bridgehead atoms. The Hall–Kier alpha value is -0.600. The molecule has 1 unspecified atom stereocenters. The van der Waals surface area contributed by atoms with Crippen molar-refractivity contribution in [3.05, 3.63) is 35.1 Å². The number of benzene rings is 1. The van der Waals surface area contributed by atoms with Crippen molar-refractivity contribution in [3.63, 3.8) is 0 Å². The van der Waals surface area contributed by atoms with Gasteiger partial charge in [-0.2, -0.15) is 0 Å². The second-order valence-electron chi connectivity index (χ2n) is 6.48. The predicted octanol–water partition coefficient (Wildman–Crippen LogP) is 5.03. The summed E-state index contributed by atoms with van der Waals surface area (Å²) in [5, 5.41) is -0.0909. The molecule has 0 spiro atoms. The molecule has 0 amide bonds. The number of aryl methyl sites for hydroxylation is 1. The summed E-state index contributed by atoms with van der Waals surface area (Å²) in [7, 11) is 0. The molecule has 0 aliphatic carbocycles. The van der Waals surface area contributed by atoms with Gasteiger partial charge >= 0.3 is 0 Å². The third-order valence-corrected chi connectivity index (χ3v) is 3.60. The van der Waals surface area contributed by atoms with Crippen molar-refractivity contribution in [2.75, 3.05) is 19.6 Å². The highest BCUT2D eigenvalue weighted by atomic mass is 35.5. The molecule has 20 heavy (non-hydrogen) atoms. The Morgan fingerprint density at radius 3 is 2.05 bits per heavy atom. The Labute approximate surface area is 128 Å². The predicted molar refractivity (Wildman–Crippen MR) is 85.8 cm³/mol. The van der Waals surface area contributed by atoms with Crippen LogP contribution in [-0.2, 0) is 0 Å². The Bertz CT molecular complexity index is 407. The van der Waals surface area contributed by atoms with Gasteiger partial charge in [-0.25, -0.2) is 4.39 Å². The third-order valence-electron chi connectivity index (χ3n) is 3.21. The highest BCUT2D eigenvalue weighted by Crippen LogP contribution is 2.24. The van der Waals surface area contributed by atoms with Gasteiger partial charge in [-0.3, -0.25) is 0 Å². The van der Waals surface area contributed by atoms with Gasteiger partial charge in [0, 0.05) is 19.6 Å². The lowest BCUT2D eigenvalue weighted by atomic mass is 10.1. The summed E-state index contributed by atoms with van der Waals surface area (Å²) in [4.78, 5) is 2.41. The standard InChI is InChI=1S/C17H27ClFN/c1-12(2)9-20(10-13(3)4)11-16(18)15-6-7-17(19)14(5)8-15/h6-8,12-13,16H,9-11H2,1-5H3. The maximum atomic E-state index is 13.3. The van der Waals surface area contributed by atoms with E-state index in [9.17, 15) is 4.39 Å². The van der Waals surface area contributed by atoms with Crippen LogP contribution in [0.15, 0.2) is 18.2 Å². The van der Waals surface area contributed by atoms with E-state index in [-0.39, 0.29) is 11.2 Å². The summed E-state index contributed by atoms with van der Waals surface area (Å²) in [6, 6.07) is 5.16. The van der Waals surface area contributed by atoms with Gasteiger partial charge in [0.2, 0.25) is 0 Å². The lowest BCUT2D eigenvalue weighted by Crippen LogP contribution is -2.34. The van der Waals surface area contributed by atoms with Gasteiger partial charge < -0.3 is 4.90 Å². The second kappa shape index (κ2) is 7.99. The fourth-order valence-electron chi connectivity index (χ4n) is 2.45. The fraction of sp³-hybridized carbons (Fsp3) is 0.647. The Morgan fingerprint density at radius 1 is 1.05 bits per heavy atom. The minimum Gasteiger partial charge on any atom is -0.301 e. The number of halogens is 2. The number of hydrogen-bond acceptors (Lipinski definition) is 1.